The second-order valence-electron chi connectivity index (χ2n) is 8.87. The van der Waals surface area contributed by atoms with E-state index in [-0.39, 0.29) is 6.04 Å². The highest BCUT2D eigenvalue weighted by atomic mass is 16.5. The molecule has 0 spiro atoms. The third-order valence-electron chi connectivity index (χ3n) is 6.82. The zero-order valence-corrected chi connectivity index (χ0v) is 20.0. The molecule has 174 valence electrons. The molecule has 3 atom stereocenters. The molecule has 0 aromatic heterocycles. The van der Waals surface area contributed by atoms with Gasteiger partial charge in [0.1, 0.15) is 0 Å². The molecule has 3 aromatic carbocycles. The van der Waals surface area contributed by atoms with Gasteiger partial charge in [-0.15, -0.1) is 0 Å². The van der Waals surface area contributed by atoms with Crippen LogP contribution in [0.5, 0.6) is 17.2 Å². The smallest absolute Gasteiger partial charge is 0.203 e. The summed E-state index contributed by atoms with van der Waals surface area (Å²) in [6, 6.07) is 19.3. The van der Waals surface area contributed by atoms with E-state index >= 15 is 0 Å². The molecule has 0 unspecified atom stereocenters. The molecule has 2 aliphatic rings. The minimum atomic E-state index is 0.281. The lowest BCUT2D eigenvalue weighted by atomic mass is 9.76. The van der Waals surface area contributed by atoms with Crippen molar-refractivity contribution in [3.05, 3.63) is 89.0 Å². The van der Waals surface area contributed by atoms with E-state index in [1.54, 1.807) is 21.3 Å². The number of hydrogen-bond donors (Lipinski definition) is 1. The number of rotatable bonds is 6. The Bertz CT molecular complexity index is 1220. The Morgan fingerprint density at radius 3 is 2.32 bits per heavy atom. The number of aliphatic imine (C=N–C) groups is 1. The highest BCUT2D eigenvalue weighted by molar-refractivity contribution is 5.84. The molecule has 5 rings (SSSR count). The van der Waals surface area contributed by atoms with Crippen molar-refractivity contribution in [3.8, 4) is 17.2 Å². The molecule has 3 aromatic rings. The second kappa shape index (κ2) is 9.26. The summed E-state index contributed by atoms with van der Waals surface area (Å²) in [6.45, 7) is 2.16. The Balaban J connectivity index is 1.37. The van der Waals surface area contributed by atoms with Gasteiger partial charge in [-0.25, -0.2) is 0 Å². The molecule has 34 heavy (non-hydrogen) atoms. The summed E-state index contributed by atoms with van der Waals surface area (Å²) in [5.41, 5.74) is 7.03. The number of nitrogens with zero attached hydrogens (tertiary/aromatic N) is 1. The standard InChI is InChI=1S/C29H30N2O3/c1-18-8-13-25-24(14-18)22-6-5-7-23(22)28(31-25)20-9-11-21(12-10-20)30-17-19-15-26(32-2)29(34-4)27(16-19)33-3/h5-6,8-17,22-23,28,31H,7H2,1-4H3/t22-,23-,28-/m0/s1. The van der Waals surface area contributed by atoms with E-state index in [4.69, 9.17) is 14.2 Å². The van der Waals surface area contributed by atoms with Crippen LogP contribution in [0.3, 0.4) is 0 Å². The van der Waals surface area contributed by atoms with E-state index in [1.807, 2.05) is 18.3 Å². The summed E-state index contributed by atoms with van der Waals surface area (Å²) >= 11 is 0. The summed E-state index contributed by atoms with van der Waals surface area (Å²) in [4.78, 5) is 4.67. The predicted octanol–water partition coefficient (Wildman–Crippen LogP) is 6.60. The van der Waals surface area contributed by atoms with Crippen LogP contribution in [-0.2, 0) is 0 Å². The molecule has 5 heteroatoms. The predicted molar refractivity (Wildman–Crippen MR) is 137 cm³/mol. The Morgan fingerprint density at radius 1 is 0.912 bits per heavy atom. The first-order valence-corrected chi connectivity index (χ1v) is 11.6. The minimum absolute atomic E-state index is 0.281. The van der Waals surface area contributed by atoms with Crippen LogP contribution in [0.15, 0.2) is 71.7 Å². The lowest BCUT2D eigenvalue weighted by molar-refractivity contribution is 0.324. The molecule has 1 aliphatic carbocycles. The first-order chi connectivity index (χ1) is 16.6. The van der Waals surface area contributed by atoms with E-state index in [1.165, 1.54) is 22.4 Å². The average Bonchev–Trinajstić information content (AvgIpc) is 3.37. The number of allylic oxidation sites excluding steroid dienone is 2. The van der Waals surface area contributed by atoms with Gasteiger partial charge in [0.15, 0.2) is 11.5 Å². The fourth-order valence-electron chi connectivity index (χ4n) is 5.14. The SMILES string of the molecule is COc1cc(C=Nc2ccc([C@@H]3Nc4ccc(C)cc4[C@H]4C=CC[C@@H]43)cc2)cc(OC)c1OC. The van der Waals surface area contributed by atoms with Gasteiger partial charge in [0.25, 0.3) is 0 Å². The highest BCUT2D eigenvalue weighted by Crippen LogP contribution is 2.50. The first-order valence-electron chi connectivity index (χ1n) is 11.6. The molecule has 0 radical (unpaired) electrons. The summed E-state index contributed by atoms with van der Waals surface area (Å²) in [5, 5.41) is 3.81. The van der Waals surface area contributed by atoms with E-state index in [9.17, 15) is 0 Å². The van der Waals surface area contributed by atoms with E-state index in [2.05, 4.69) is 71.8 Å². The van der Waals surface area contributed by atoms with Gasteiger partial charge >= 0.3 is 0 Å². The number of ether oxygens (including phenoxy) is 3. The quantitative estimate of drug-likeness (QED) is 0.337. The molecule has 0 amide bonds. The number of aryl methyl sites for hydroxylation is 1. The van der Waals surface area contributed by atoms with Crippen LogP contribution in [0.1, 0.15) is 40.6 Å². The van der Waals surface area contributed by atoms with Gasteiger partial charge in [-0.3, -0.25) is 4.99 Å². The normalized spacial score (nSPS) is 20.5. The maximum atomic E-state index is 5.44. The van der Waals surface area contributed by atoms with Crippen molar-refractivity contribution in [2.75, 3.05) is 26.6 Å². The van der Waals surface area contributed by atoms with Crippen LogP contribution in [-0.4, -0.2) is 27.5 Å². The van der Waals surface area contributed by atoms with Gasteiger partial charge in [0.2, 0.25) is 5.75 Å². The Labute approximate surface area is 201 Å². The van der Waals surface area contributed by atoms with Gasteiger partial charge in [0.05, 0.1) is 33.1 Å². The van der Waals surface area contributed by atoms with Crippen molar-refractivity contribution in [2.24, 2.45) is 10.9 Å². The Kier molecular flexibility index (Phi) is 6.01. The van der Waals surface area contributed by atoms with Gasteiger partial charge in [-0.2, -0.15) is 0 Å². The van der Waals surface area contributed by atoms with Crippen LogP contribution in [0.4, 0.5) is 11.4 Å². The zero-order valence-electron chi connectivity index (χ0n) is 20.0. The van der Waals surface area contributed by atoms with Crippen molar-refractivity contribution in [3.63, 3.8) is 0 Å². The number of methoxy groups -OCH3 is 3. The van der Waals surface area contributed by atoms with Crippen LogP contribution in [0.25, 0.3) is 0 Å². The largest absolute Gasteiger partial charge is 0.493 e. The number of nitrogens with one attached hydrogen (secondary N) is 1. The fourth-order valence-corrected chi connectivity index (χ4v) is 5.14. The van der Waals surface area contributed by atoms with Gasteiger partial charge < -0.3 is 19.5 Å². The molecule has 1 heterocycles. The van der Waals surface area contributed by atoms with Crippen LogP contribution < -0.4 is 19.5 Å². The van der Waals surface area contributed by atoms with Crippen LogP contribution in [0, 0.1) is 12.8 Å². The Morgan fingerprint density at radius 2 is 1.65 bits per heavy atom. The summed E-state index contributed by atoms with van der Waals surface area (Å²) in [7, 11) is 4.82. The van der Waals surface area contributed by atoms with Crippen molar-refractivity contribution in [1.29, 1.82) is 0 Å². The van der Waals surface area contributed by atoms with Gasteiger partial charge in [0, 0.05) is 23.4 Å². The van der Waals surface area contributed by atoms with Crippen molar-refractivity contribution < 1.29 is 14.2 Å². The molecule has 0 saturated heterocycles. The third-order valence-corrected chi connectivity index (χ3v) is 6.82. The lowest BCUT2D eigenvalue weighted by Gasteiger charge is -2.37. The highest BCUT2D eigenvalue weighted by Gasteiger charge is 2.37. The Hall–Kier alpha value is -3.73. The molecule has 0 fully saturated rings. The lowest BCUT2D eigenvalue weighted by Crippen LogP contribution is -2.29. The fraction of sp³-hybridized carbons (Fsp3) is 0.276. The molecule has 0 bridgehead atoms. The maximum absolute atomic E-state index is 5.44. The number of benzene rings is 3. The van der Waals surface area contributed by atoms with Crippen LogP contribution >= 0.6 is 0 Å². The van der Waals surface area contributed by atoms with Crippen molar-refractivity contribution >= 4 is 17.6 Å². The monoisotopic (exact) mass is 454 g/mol. The molecule has 1 N–H and O–H groups in total. The molecule has 0 saturated carbocycles. The number of hydrogen-bond acceptors (Lipinski definition) is 5. The first kappa shape index (κ1) is 22.1. The number of fused-ring (bicyclic) bond motifs is 3. The molecular weight excluding hydrogens is 424 g/mol. The topological polar surface area (TPSA) is 52.1 Å². The second-order valence-corrected chi connectivity index (χ2v) is 8.87. The summed E-state index contributed by atoms with van der Waals surface area (Å²) in [6.07, 6.45) is 7.62. The summed E-state index contributed by atoms with van der Waals surface area (Å²) < 4.78 is 16.3. The average molecular weight is 455 g/mol. The third kappa shape index (κ3) is 4.03. The van der Waals surface area contributed by atoms with Crippen molar-refractivity contribution in [2.45, 2.75) is 25.3 Å². The van der Waals surface area contributed by atoms with E-state index in [0.29, 0.717) is 29.1 Å². The van der Waals surface area contributed by atoms with Crippen molar-refractivity contribution in [1.82, 2.24) is 0 Å². The number of anilines is 1. The molecule has 5 nitrogen and oxygen atoms in total. The van der Waals surface area contributed by atoms with Gasteiger partial charge in [-0.05, 0) is 60.7 Å². The molecule has 1 aliphatic heterocycles. The van der Waals surface area contributed by atoms with E-state index < -0.39 is 0 Å². The van der Waals surface area contributed by atoms with Gasteiger partial charge in [-0.1, -0.05) is 42.0 Å². The minimum Gasteiger partial charge on any atom is -0.493 e. The van der Waals surface area contributed by atoms with E-state index in [0.717, 1.165) is 17.7 Å². The maximum Gasteiger partial charge on any atom is 0.203 e. The summed E-state index contributed by atoms with van der Waals surface area (Å²) in [5.74, 6) is 2.79. The zero-order chi connectivity index (χ0) is 23.7. The molecular formula is C29H30N2O3. The van der Waals surface area contributed by atoms with Crippen LogP contribution in [0.2, 0.25) is 0 Å².